The minimum atomic E-state index is -2.93. The zero-order chi connectivity index (χ0) is 35.9. The van der Waals surface area contributed by atoms with Gasteiger partial charge in [0.1, 0.15) is 11.7 Å². The third-order valence-electron chi connectivity index (χ3n) is 9.85. The van der Waals surface area contributed by atoms with E-state index in [0.717, 1.165) is 5.56 Å². The van der Waals surface area contributed by atoms with Crippen LogP contribution in [0.15, 0.2) is 152 Å². The smallest absolute Gasteiger partial charge is 0.261 e. The van der Waals surface area contributed by atoms with Crippen molar-refractivity contribution in [3.8, 4) is 0 Å². The van der Waals surface area contributed by atoms with E-state index < -0.39 is 28.3 Å². The molecule has 262 valence electrons. The Bertz CT molecular complexity index is 1660. The van der Waals surface area contributed by atoms with E-state index >= 15 is 0 Å². The van der Waals surface area contributed by atoms with Crippen LogP contribution in [0.25, 0.3) is 0 Å². The lowest BCUT2D eigenvalue weighted by molar-refractivity contribution is -0.137. The first-order valence-electron chi connectivity index (χ1n) is 17.7. The van der Waals surface area contributed by atoms with Crippen molar-refractivity contribution in [1.82, 2.24) is 0 Å². The summed E-state index contributed by atoms with van der Waals surface area (Å²) in [5, 5.41) is 16.9. The van der Waals surface area contributed by atoms with Crippen LogP contribution in [0.3, 0.4) is 0 Å². The van der Waals surface area contributed by atoms with Crippen LogP contribution in [0.1, 0.15) is 54.0 Å². The molecule has 50 heavy (non-hydrogen) atoms. The van der Waals surface area contributed by atoms with Crippen molar-refractivity contribution in [1.29, 1.82) is 0 Å². The predicted molar refractivity (Wildman–Crippen MR) is 213 cm³/mol. The Morgan fingerprint density at radius 1 is 0.480 bits per heavy atom. The molecule has 0 radical (unpaired) electrons. The van der Waals surface area contributed by atoms with Crippen molar-refractivity contribution in [3.05, 3.63) is 157 Å². The van der Waals surface area contributed by atoms with E-state index in [2.05, 4.69) is 151 Å². The topological polar surface area (TPSA) is 47.9 Å². The number of hydrogen-bond acceptors (Lipinski definition) is 4. The summed E-state index contributed by atoms with van der Waals surface area (Å²) in [6.45, 7) is 16.0. The van der Waals surface area contributed by atoms with Gasteiger partial charge in [-0.2, -0.15) is 0 Å². The van der Waals surface area contributed by atoms with Crippen molar-refractivity contribution >= 4 is 37.4 Å². The highest BCUT2D eigenvalue weighted by Gasteiger charge is 2.53. The zero-order valence-corrected chi connectivity index (χ0v) is 32.8. The van der Waals surface area contributed by atoms with E-state index in [1.54, 1.807) is 0 Å². The van der Waals surface area contributed by atoms with Crippen LogP contribution >= 0.6 is 0 Å². The standard InChI is InChI=1S/C44H54O4Si2/c1-42(2,3)49(37-25-15-9-16-26-37,38-27-17-10-18-28-38)47-34-41(46-33-36-23-13-8-14-24-36)44(7,45)35-48-50(43(4,5)6,39-29-19-11-20-30-39)40-31-21-12-22-32-40/h8-32,41,45H,33-35H2,1-7H3/t41-,44+/m0/s1. The zero-order valence-electron chi connectivity index (χ0n) is 30.8. The summed E-state index contributed by atoms with van der Waals surface area (Å²) in [5.41, 5.74) is -0.362. The maximum Gasteiger partial charge on any atom is 0.261 e. The first-order valence-corrected chi connectivity index (χ1v) is 21.5. The Hall–Kier alpha value is -3.63. The van der Waals surface area contributed by atoms with E-state index in [-0.39, 0.29) is 23.3 Å². The van der Waals surface area contributed by atoms with Gasteiger partial charge < -0.3 is 18.7 Å². The fourth-order valence-corrected chi connectivity index (χ4v) is 16.5. The normalized spacial score (nSPS) is 14.6. The largest absolute Gasteiger partial charge is 0.405 e. The fourth-order valence-electron chi connectivity index (χ4n) is 7.25. The van der Waals surface area contributed by atoms with E-state index in [9.17, 15) is 5.11 Å². The second-order valence-electron chi connectivity index (χ2n) is 15.6. The maximum atomic E-state index is 12.6. The summed E-state index contributed by atoms with van der Waals surface area (Å²) in [4.78, 5) is 0. The third kappa shape index (κ3) is 7.97. The van der Waals surface area contributed by atoms with Gasteiger partial charge in [0.2, 0.25) is 0 Å². The molecule has 5 aromatic rings. The van der Waals surface area contributed by atoms with Gasteiger partial charge in [-0.25, -0.2) is 0 Å². The van der Waals surface area contributed by atoms with Gasteiger partial charge in [-0.15, -0.1) is 0 Å². The number of ether oxygens (including phenoxy) is 1. The minimum Gasteiger partial charge on any atom is -0.405 e. The molecule has 4 nitrogen and oxygen atoms in total. The summed E-state index contributed by atoms with van der Waals surface area (Å²) < 4.78 is 21.4. The highest BCUT2D eigenvalue weighted by atomic mass is 28.4. The molecule has 2 atom stereocenters. The van der Waals surface area contributed by atoms with Crippen molar-refractivity contribution in [2.75, 3.05) is 13.2 Å². The lowest BCUT2D eigenvalue weighted by atomic mass is 10.0. The van der Waals surface area contributed by atoms with Crippen molar-refractivity contribution in [3.63, 3.8) is 0 Å². The second kappa shape index (κ2) is 15.7. The predicted octanol–water partition coefficient (Wildman–Crippen LogP) is 7.48. The second-order valence-corrected chi connectivity index (χ2v) is 24.2. The van der Waals surface area contributed by atoms with Gasteiger partial charge in [-0.3, -0.25) is 0 Å². The van der Waals surface area contributed by atoms with E-state index in [1.165, 1.54) is 20.7 Å². The molecule has 0 aliphatic heterocycles. The van der Waals surface area contributed by atoms with Gasteiger partial charge in [0.05, 0.1) is 19.8 Å². The molecular weight excluding hydrogens is 649 g/mol. The number of rotatable bonds is 14. The quantitative estimate of drug-likeness (QED) is 0.122. The number of benzene rings is 5. The summed E-state index contributed by atoms with van der Waals surface area (Å²) in [5.74, 6) is 0. The van der Waals surface area contributed by atoms with Crippen LogP contribution in [-0.2, 0) is 20.2 Å². The van der Waals surface area contributed by atoms with Gasteiger partial charge in [-0.05, 0) is 43.3 Å². The molecule has 0 fully saturated rings. The van der Waals surface area contributed by atoms with Crippen molar-refractivity contribution in [2.45, 2.75) is 76.9 Å². The fraction of sp³-hybridized carbons (Fsp3) is 0.318. The van der Waals surface area contributed by atoms with Crippen LogP contribution in [-0.4, -0.2) is 46.7 Å². The lowest BCUT2D eigenvalue weighted by Gasteiger charge is -2.46. The summed E-state index contributed by atoms with van der Waals surface area (Å²) in [6.07, 6.45) is -0.692. The summed E-state index contributed by atoms with van der Waals surface area (Å²) in [6, 6.07) is 52.4. The monoisotopic (exact) mass is 702 g/mol. The van der Waals surface area contributed by atoms with Crippen LogP contribution in [0.5, 0.6) is 0 Å². The molecule has 6 heteroatoms. The Morgan fingerprint density at radius 3 is 1.14 bits per heavy atom. The molecule has 0 saturated heterocycles. The van der Waals surface area contributed by atoms with Crippen LogP contribution in [0.4, 0.5) is 0 Å². The highest BCUT2D eigenvalue weighted by molar-refractivity contribution is 7.00. The molecule has 0 saturated carbocycles. The Labute approximate surface area is 302 Å². The molecule has 0 aliphatic carbocycles. The molecular formula is C44H54O4Si2. The van der Waals surface area contributed by atoms with Gasteiger partial charge >= 0.3 is 0 Å². The molecule has 0 spiro atoms. The highest BCUT2D eigenvalue weighted by Crippen LogP contribution is 2.39. The van der Waals surface area contributed by atoms with E-state index in [1.807, 2.05) is 49.4 Å². The molecule has 0 aliphatic rings. The average molecular weight is 703 g/mol. The van der Waals surface area contributed by atoms with Crippen LogP contribution in [0, 0.1) is 0 Å². The van der Waals surface area contributed by atoms with Crippen molar-refractivity contribution in [2.24, 2.45) is 0 Å². The molecule has 0 unspecified atom stereocenters. The molecule has 5 rings (SSSR count). The van der Waals surface area contributed by atoms with Gasteiger partial charge in [0.25, 0.3) is 16.6 Å². The Kier molecular flexibility index (Phi) is 11.8. The molecule has 0 bridgehead atoms. The molecule has 0 aromatic heterocycles. The molecule has 1 N–H and O–H groups in total. The molecule has 0 heterocycles. The Balaban J connectivity index is 1.56. The van der Waals surface area contributed by atoms with E-state index in [4.69, 9.17) is 13.6 Å². The average Bonchev–Trinajstić information content (AvgIpc) is 3.11. The number of aliphatic hydroxyl groups is 1. The van der Waals surface area contributed by atoms with Gasteiger partial charge in [0, 0.05) is 0 Å². The van der Waals surface area contributed by atoms with Gasteiger partial charge in [0.15, 0.2) is 0 Å². The minimum absolute atomic E-state index is 0.0733. The van der Waals surface area contributed by atoms with Crippen molar-refractivity contribution < 1.29 is 18.7 Å². The van der Waals surface area contributed by atoms with Crippen LogP contribution < -0.4 is 20.7 Å². The van der Waals surface area contributed by atoms with E-state index in [0.29, 0.717) is 6.61 Å². The maximum absolute atomic E-state index is 12.6. The number of hydrogen-bond donors (Lipinski definition) is 1. The third-order valence-corrected chi connectivity index (χ3v) is 19.8. The first-order chi connectivity index (χ1) is 23.8. The molecule has 5 aromatic carbocycles. The Morgan fingerprint density at radius 2 is 0.800 bits per heavy atom. The summed E-state index contributed by atoms with van der Waals surface area (Å²) in [7, 11) is -5.85. The van der Waals surface area contributed by atoms with Gasteiger partial charge in [-0.1, -0.05) is 193 Å². The lowest BCUT2D eigenvalue weighted by Crippen LogP contribution is -2.69. The SMILES string of the molecule is CC(C)(C)[Si](OC[C@H](OCc1ccccc1)[C@](C)(O)CO[Si](c1ccccc1)(c1ccccc1)C(C)(C)C)(c1ccccc1)c1ccccc1. The first kappa shape index (κ1) is 37.6. The van der Waals surface area contributed by atoms with Crippen LogP contribution in [0.2, 0.25) is 10.1 Å². The summed E-state index contributed by atoms with van der Waals surface area (Å²) >= 11 is 0. The molecule has 0 amide bonds.